The minimum absolute atomic E-state index is 0.231. The lowest BCUT2D eigenvalue weighted by Gasteiger charge is -2.17. The molecular weight excluding hydrogens is 150 g/mol. The van der Waals surface area contributed by atoms with E-state index in [1.165, 1.54) is 6.42 Å². The van der Waals surface area contributed by atoms with Crippen molar-refractivity contribution in [2.45, 2.75) is 25.3 Å². The first-order valence-electron chi connectivity index (χ1n) is 4.55. The van der Waals surface area contributed by atoms with E-state index in [0.29, 0.717) is 12.3 Å². The number of hydrogen-bond donors (Lipinski definition) is 1. The van der Waals surface area contributed by atoms with E-state index in [2.05, 4.69) is 18.0 Å². The van der Waals surface area contributed by atoms with Gasteiger partial charge in [0, 0.05) is 19.0 Å². The van der Waals surface area contributed by atoms with Crippen LogP contribution in [-0.4, -0.2) is 31.1 Å². The number of rotatable bonds is 3. The van der Waals surface area contributed by atoms with Gasteiger partial charge in [-0.2, -0.15) is 5.26 Å². The molecule has 1 saturated heterocycles. The van der Waals surface area contributed by atoms with Crippen molar-refractivity contribution in [2.24, 2.45) is 11.7 Å². The third kappa shape index (κ3) is 2.47. The Morgan fingerprint density at radius 2 is 2.50 bits per heavy atom. The van der Waals surface area contributed by atoms with E-state index in [1.807, 2.05) is 0 Å². The van der Waals surface area contributed by atoms with Crippen LogP contribution in [0.1, 0.15) is 19.3 Å². The van der Waals surface area contributed by atoms with Crippen LogP contribution < -0.4 is 5.73 Å². The first kappa shape index (κ1) is 9.50. The molecule has 0 aromatic carbocycles. The van der Waals surface area contributed by atoms with Crippen LogP contribution in [0.4, 0.5) is 0 Å². The monoisotopic (exact) mass is 167 g/mol. The summed E-state index contributed by atoms with van der Waals surface area (Å²) >= 11 is 0. The Hall–Kier alpha value is -0.590. The fourth-order valence-corrected chi connectivity index (χ4v) is 1.79. The largest absolute Gasteiger partial charge is 0.327 e. The van der Waals surface area contributed by atoms with Gasteiger partial charge in [0.05, 0.1) is 6.07 Å². The van der Waals surface area contributed by atoms with Gasteiger partial charge in [-0.15, -0.1) is 0 Å². The molecular formula is C9H17N3. The van der Waals surface area contributed by atoms with Gasteiger partial charge in [0.15, 0.2) is 0 Å². The molecule has 1 heterocycles. The van der Waals surface area contributed by atoms with Crippen LogP contribution in [0.15, 0.2) is 0 Å². The topological polar surface area (TPSA) is 53.0 Å². The summed E-state index contributed by atoms with van der Waals surface area (Å²) < 4.78 is 0. The van der Waals surface area contributed by atoms with Gasteiger partial charge in [0.1, 0.15) is 0 Å². The molecule has 1 fully saturated rings. The maximum atomic E-state index is 8.39. The van der Waals surface area contributed by atoms with Gasteiger partial charge in [0.25, 0.3) is 0 Å². The van der Waals surface area contributed by atoms with Gasteiger partial charge in [-0.3, -0.25) is 0 Å². The lowest BCUT2D eigenvalue weighted by atomic mass is 9.96. The van der Waals surface area contributed by atoms with Crippen LogP contribution in [0.2, 0.25) is 0 Å². The van der Waals surface area contributed by atoms with Crippen LogP contribution in [0.25, 0.3) is 0 Å². The molecule has 0 spiro atoms. The quantitative estimate of drug-likeness (QED) is 0.668. The molecule has 1 rings (SSSR count). The van der Waals surface area contributed by atoms with Crippen molar-refractivity contribution in [3.8, 4) is 6.07 Å². The molecule has 3 nitrogen and oxygen atoms in total. The molecule has 2 atom stereocenters. The maximum Gasteiger partial charge on any atom is 0.0622 e. The van der Waals surface area contributed by atoms with E-state index in [1.54, 1.807) is 0 Å². The molecule has 0 aromatic heterocycles. The lowest BCUT2D eigenvalue weighted by Crippen LogP contribution is -2.31. The first-order chi connectivity index (χ1) is 5.74. The highest BCUT2D eigenvalue weighted by atomic mass is 15.1. The average molecular weight is 167 g/mol. The predicted octanol–water partition coefficient (Wildman–Crippen LogP) is 0.569. The molecule has 1 aliphatic heterocycles. The van der Waals surface area contributed by atoms with E-state index >= 15 is 0 Å². The molecule has 3 heteroatoms. The summed E-state index contributed by atoms with van der Waals surface area (Å²) in [6, 6.07) is 2.37. The first-order valence-corrected chi connectivity index (χ1v) is 4.55. The fourth-order valence-electron chi connectivity index (χ4n) is 1.79. The van der Waals surface area contributed by atoms with E-state index in [9.17, 15) is 0 Å². The molecule has 0 bridgehead atoms. The van der Waals surface area contributed by atoms with Crippen LogP contribution in [0, 0.1) is 17.2 Å². The zero-order valence-electron chi connectivity index (χ0n) is 7.66. The van der Waals surface area contributed by atoms with Crippen LogP contribution in [0.3, 0.4) is 0 Å². The van der Waals surface area contributed by atoms with Crippen LogP contribution >= 0.6 is 0 Å². The molecule has 0 amide bonds. The zero-order chi connectivity index (χ0) is 8.97. The van der Waals surface area contributed by atoms with Gasteiger partial charge in [-0.25, -0.2) is 0 Å². The predicted molar refractivity (Wildman–Crippen MR) is 48.4 cm³/mol. The molecule has 0 saturated carbocycles. The van der Waals surface area contributed by atoms with E-state index in [-0.39, 0.29) is 6.04 Å². The number of nitriles is 1. The summed E-state index contributed by atoms with van der Waals surface area (Å²) in [4.78, 5) is 2.30. The van der Waals surface area contributed by atoms with Gasteiger partial charge in [0.2, 0.25) is 0 Å². The third-order valence-corrected chi connectivity index (χ3v) is 2.62. The number of likely N-dealkylation sites (tertiary alicyclic amines) is 1. The molecule has 12 heavy (non-hydrogen) atoms. The van der Waals surface area contributed by atoms with Crippen LogP contribution in [-0.2, 0) is 0 Å². The maximum absolute atomic E-state index is 8.39. The highest BCUT2D eigenvalue weighted by Gasteiger charge is 2.24. The molecule has 68 valence electrons. The Balaban J connectivity index is 2.24. The summed E-state index contributed by atoms with van der Waals surface area (Å²) in [5.74, 6) is 0.614. The second-order valence-corrected chi connectivity index (χ2v) is 3.67. The third-order valence-electron chi connectivity index (χ3n) is 2.62. The second kappa shape index (κ2) is 4.44. The molecule has 0 aliphatic carbocycles. The van der Waals surface area contributed by atoms with E-state index in [4.69, 9.17) is 11.0 Å². The van der Waals surface area contributed by atoms with Gasteiger partial charge < -0.3 is 10.6 Å². The Bertz CT molecular complexity index is 173. The highest BCUT2D eigenvalue weighted by Crippen LogP contribution is 2.19. The fraction of sp³-hybridized carbons (Fsp3) is 0.889. The van der Waals surface area contributed by atoms with Gasteiger partial charge >= 0.3 is 0 Å². The van der Waals surface area contributed by atoms with Crippen molar-refractivity contribution in [1.29, 1.82) is 5.26 Å². The average Bonchev–Trinajstić information content (AvgIpc) is 2.47. The van der Waals surface area contributed by atoms with Gasteiger partial charge in [-0.1, -0.05) is 0 Å². The zero-order valence-corrected chi connectivity index (χ0v) is 7.66. The highest BCUT2D eigenvalue weighted by molar-refractivity contribution is 4.84. The van der Waals surface area contributed by atoms with Crippen LogP contribution in [0.5, 0.6) is 0 Å². The lowest BCUT2D eigenvalue weighted by molar-refractivity contribution is 0.362. The van der Waals surface area contributed by atoms with Crippen molar-refractivity contribution in [1.82, 2.24) is 4.90 Å². The summed E-state index contributed by atoms with van der Waals surface area (Å²) in [5.41, 5.74) is 5.95. The van der Waals surface area contributed by atoms with Crippen molar-refractivity contribution >= 4 is 0 Å². The van der Waals surface area contributed by atoms with Gasteiger partial charge in [-0.05, 0) is 32.4 Å². The summed E-state index contributed by atoms with van der Waals surface area (Å²) in [7, 11) is 2.12. The normalized spacial score (nSPS) is 26.9. The Morgan fingerprint density at radius 3 is 3.00 bits per heavy atom. The standard InChI is InChI=1S/C9H17N3/c1-12-6-4-8(7-12)9(11)3-2-5-10/h8-9H,2-4,6-7,11H2,1H3. The van der Waals surface area contributed by atoms with Crippen molar-refractivity contribution in [2.75, 3.05) is 20.1 Å². The van der Waals surface area contributed by atoms with E-state index in [0.717, 1.165) is 19.5 Å². The number of hydrogen-bond acceptors (Lipinski definition) is 3. The SMILES string of the molecule is CN1CCC(C(N)CCC#N)C1. The Labute approximate surface area is 74.1 Å². The Morgan fingerprint density at radius 1 is 1.75 bits per heavy atom. The smallest absolute Gasteiger partial charge is 0.0622 e. The number of nitrogens with two attached hydrogens (primary N) is 1. The minimum Gasteiger partial charge on any atom is -0.327 e. The molecule has 2 unspecified atom stereocenters. The molecule has 2 N–H and O–H groups in total. The Kier molecular flexibility index (Phi) is 3.51. The van der Waals surface area contributed by atoms with Crippen molar-refractivity contribution < 1.29 is 0 Å². The number of nitrogens with zero attached hydrogens (tertiary/aromatic N) is 2. The van der Waals surface area contributed by atoms with Crippen molar-refractivity contribution in [3.05, 3.63) is 0 Å². The molecule has 0 radical (unpaired) electrons. The minimum atomic E-state index is 0.231. The second-order valence-electron chi connectivity index (χ2n) is 3.67. The van der Waals surface area contributed by atoms with E-state index < -0.39 is 0 Å². The van der Waals surface area contributed by atoms with Crippen molar-refractivity contribution in [3.63, 3.8) is 0 Å². The molecule has 1 aliphatic rings. The summed E-state index contributed by atoms with van der Waals surface area (Å²) in [6.07, 6.45) is 2.65. The molecule has 0 aromatic rings. The summed E-state index contributed by atoms with van der Waals surface area (Å²) in [5, 5.41) is 8.39. The summed E-state index contributed by atoms with van der Waals surface area (Å²) in [6.45, 7) is 2.26.